The van der Waals surface area contributed by atoms with Crippen molar-refractivity contribution >= 4 is 22.3 Å². The number of oxime groups is 1. The number of hydrogen-bond acceptors (Lipinski definition) is 4. The SMILES string of the molecule is CO/N=C1\C=C2CC[C@H]3[C@@H]4CC[C@H]([C@H](CO[Si](C)(C)C)O[Si](C)(C)C)[C@@]4(C)CC[C@@H]3[C@@]2(C)CC1. The molecule has 0 amide bonds. The Morgan fingerprint density at radius 3 is 2.32 bits per heavy atom. The van der Waals surface area contributed by atoms with Crippen LogP contribution in [0.3, 0.4) is 0 Å². The van der Waals surface area contributed by atoms with E-state index in [0.717, 1.165) is 36.5 Å². The monoisotopic (exact) mass is 505 g/mol. The molecule has 3 saturated carbocycles. The first-order valence-corrected chi connectivity index (χ1v) is 20.7. The van der Waals surface area contributed by atoms with Crippen LogP contribution in [0.25, 0.3) is 0 Å². The van der Waals surface area contributed by atoms with Crippen LogP contribution in [0, 0.1) is 34.5 Å². The maximum absolute atomic E-state index is 6.91. The molecule has 4 aliphatic carbocycles. The van der Waals surface area contributed by atoms with Crippen molar-refractivity contribution in [3.63, 3.8) is 0 Å². The first-order chi connectivity index (χ1) is 15.8. The van der Waals surface area contributed by atoms with Crippen molar-refractivity contribution < 1.29 is 13.7 Å². The second-order valence-corrected chi connectivity index (χ2v) is 23.2. The van der Waals surface area contributed by atoms with E-state index >= 15 is 0 Å². The number of fused-ring (bicyclic) bond motifs is 5. The summed E-state index contributed by atoms with van der Waals surface area (Å²) >= 11 is 0. The molecule has 0 unspecified atom stereocenters. The molecule has 34 heavy (non-hydrogen) atoms. The molecule has 4 nitrogen and oxygen atoms in total. The van der Waals surface area contributed by atoms with Gasteiger partial charge in [-0.3, -0.25) is 0 Å². The van der Waals surface area contributed by atoms with Crippen molar-refractivity contribution in [2.75, 3.05) is 13.7 Å². The van der Waals surface area contributed by atoms with Gasteiger partial charge < -0.3 is 13.7 Å². The van der Waals surface area contributed by atoms with Crippen molar-refractivity contribution in [1.82, 2.24) is 0 Å². The molecule has 0 aromatic heterocycles. The normalized spacial score (nSPS) is 40.3. The smallest absolute Gasteiger partial charge is 0.184 e. The van der Waals surface area contributed by atoms with Crippen molar-refractivity contribution in [3.05, 3.63) is 11.6 Å². The summed E-state index contributed by atoms with van der Waals surface area (Å²) in [6.45, 7) is 20.0. The maximum atomic E-state index is 6.91. The minimum atomic E-state index is -1.65. The van der Waals surface area contributed by atoms with Gasteiger partial charge in [0.25, 0.3) is 0 Å². The standard InChI is InChI=1S/C28H51NO3Si2/c1-27-16-14-21(29-30-3)18-20(27)10-11-22-23-12-13-25(28(23,2)17-15-24(22)27)26(32-34(7,8)9)19-31-33(4,5)6/h18,22-26H,10-17,19H2,1-9H3/b29-21-/t22-,23-,24-,25+,26-,27-,28-/m0/s1. The van der Waals surface area contributed by atoms with E-state index in [2.05, 4.69) is 64.4 Å². The number of rotatable bonds is 7. The second-order valence-electron chi connectivity index (χ2n) is 14.2. The Morgan fingerprint density at radius 1 is 0.941 bits per heavy atom. The zero-order valence-electron chi connectivity index (χ0n) is 23.5. The molecule has 0 aromatic carbocycles. The summed E-state index contributed by atoms with van der Waals surface area (Å²) in [6, 6.07) is 0. The molecule has 3 fully saturated rings. The van der Waals surface area contributed by atoms with E-state index in [-0.39, 0.29) is 6.10 Å². The molecule has 194 valence electrons. The van der Waals surface area contributed by atoms with Crippen molar-refractivity contribution in [1.29, 1.82) is 0 Å². The van der Waals surface area contributed by atoms with Crippen LogP contribution < -0.4 is 0 Å². The highest BCUT2D eigenvalue weighted by molar-refractivity contribution is 6.70. The van der Waals surface area contributed by atoms with E-state index in [1.807, 2.05) is 0 Å². The lowest BCUT2D eigenvalue weighted by Gasteiger charge is -2.58. The summed E-state index contributed by atoms with van der Waals surface area (Å²) in [7, 11) is -1.55. The molecule has 0 aliphatic heterocycles. The highest BCUT2D eigenvalue weighted by Crippen LogP contribution is 2.67. The highest BCUT2D eigenvalue weighted by atomic mass is 28.4. The third-order valence-electron chi connectivity index (χ3n) is 9.89. The molecular formula is C28H51NO3Si2. The van der Waals surface area contributed by atoms with Crippen molar-refractivity contribution in [3.8, 4) is 0 Å². The van der Waals surface area contributed by atoms with Gasteiger partial charge in [-0.05, 0) is 131 Å². The van der Waals surface area contributed by atoms with Crippen LogP contribution in [-0.2, 0) is 13.7 Å². The van der Waals surface area contributed by atoms with E-state index in [0.29, 0.717) is 16.7 Å². The first kappa shape index (κ1) is 26.6. The van der Waals surface area contributed by atoms with Gasteiger partial charge in [0.2, 0.25) is 0 Å². The van der Waals surface area contributed by atoms with Crippen LogP contribution >= 0.6 is 0 Å². The van der Waals surface area contributed by atoms with Gasteiger partial charge in [0.05, 0.1) is 18.4 Å². The Morgan fingerprint density at radius 2 is 1.68 bits per heavy atom. The molecule has 7 atom stereocenters. The molecule has 0 saturated heterocycles. The highest BCUT2D eigenvalue weighted by Gasteiger charge is 2.60. The third kappa shape index (κ3) is 5.16. The summed E-state index contributed by atoms with van der Waals surface area (Å²) in [6.07, 6.45) is 13.0. The van der Waals surface area contributed by atoms with Crippen molar-refractivity contribution in [2.24, 2.45) is 39.7 Å². The van der Waals surface area contributed by atoms with Gasteiger partial charge in [0.15, 0.2) is 16.6 Å². The molecule has 0 heterocycles. The number of nitrogens with zero attached hydrogens (tertiary/aromatic N) is 1. The van der Waals surface area contributed by atoms with Crippen LogP contribution in [0.2, 0.25) is 39.3 Å². The van der Waals surface area contributed by atoms with E-state index in [1.54, 1.807) is 12.7 Å². The molecular weight excluding hydrogens is 454 g/mol. The summed E-state index contributed by atoms with van der Waals surface area (Å²) < 4.78 is 13.4. The summed E-state index contributed by atoms with van der Waals surface area (Å²) in [4.78, 5) is 5.11. The van der Waals surface area contributed by atoms with E-state index in [4.69, 9.17) is 13.7 Å². The quantitative estimate of drug-likeness (QED) is 0.264. The lowest BCUT2D eigenvalue weighted by molar-refractivity contribution is -0.0742. The van der Waals surface area contributed by atoms with Gasteiger partial charge in [-0.2, -0.15) is 0 Å². The Hall–Kier alpha value is -0.436. The predicted octanol–water partition coefficient (Wildman–Crippen LogP) is 7.64. The molecule has 0 spiro atoms. The average molecular weight is 506 g/mol. The lowest BCUT2D eigenvalue weighted by Crippen LogP contribution is -2.53. The molecule has 4 rings (SSSR count). The largest absolute Gasteiger partial charge is 0.415 e. The minimum Gasteiger partial charge on any atom is -0.415 e. The van der Waals surface area contributed by atoms with Gasteiger partial charge >= 0.3 is 0 Å². The van der Waals surface area contributed by atoms with Gasteiger partial charge in [-0.25, -0.2) is 0 Å². The molecule has 4 aliphatic rings. The predicted molar refractivity (Wildman–Crippen MR) is 147 cm³/mol. The van der Waals surface area contributed by atoms with Gasteiger partial charge in [0, 0.05) is 0 Å². The minimum absolute atomic E-state index is 0.266. The fourth-order valence-corrected chi connectivity index (χ4v) is 10.2. The number of allylic oxidation sites excluding steroid dienone is 2. The fraction of sp³-hybridized carbons (Fsp3) is 0.893. The molecule has 0 N–H and O–H groups in total. The fourth-order valence-electron chi connectivity index (χ4n) is 8.43. The van der Waals surface area contributed by atoms with Gasteiger partial charge in [-0.15, -0.1) is 0 Å². The molecule has 0 aromatic rings. The lowest BCUT2D eigenvalue weighted by atomic mass is 9.46. The van der Waals surface area contributed by atoms with Crippen LogP contribution in [-0.4, -0.2) is 42.2 Å². The zero-order chi connectivity index (χ0) is 24.9. The van der Waals surface area contributed by atoms with Crippen LogP contribution in [0.15, 0.2) is 16.8 Å². The second kappa shape index (κ2) is 9.46. The molecule has 0 bridgehead atoms. The topological polar surface area (TPSA) is 40.0 Å². The summed E-state index contributed by atoms with van der Waals surface area (Å²) in [5.41, 5.74) is 3.54. The van der Waals surface area contributed by atoms with E-state index in [9.17, 15) is 0 Å². The summed E-state index contributed by atoms with van der Waals surface area (Å²) in [5, 5.41) is 4.29. The average Bonchev–Trinajstić information content (AvgIpc) is 3.07. The first-order valence-electron chi connectivity index (χ1n) is 13.9. The van der Waals surface area contributed by atoms with E-state index < -0.39 is 16.6 Å². The summed E-state index contributed by atoms with van der Waals surface area (Å²) in [5.74, 6) is 3.15. The van der Waals surface area contributed by atoms with Gasteiger partial charge in [0.1, 0.15) is 7.11 Å². The Kier molecular flexibility index (Phi) is 7.41. The van der Waals surface area contributed by atoms with E-state index in [1.165, 1.54) is 44.9 Å². The Balaban J connectivity index is 1.56. The number of hydrogen-bond donors (Lipinski definition) is 0. The van der Waals surface area contributed by atoms with Crippen molar-refractivity contribution in [2.45, 2.75) is 111 Å². The Bertz CT molecular complexity index is 813. The van der Waals surface area contributed by atoms with Crippen LogP contribution in [0.5, 0.6) is 0 Å². The molecule has 6 heteroatoms. The third-order valence-corrected chi connectivity index (χ3v) is 11.9. The maximum Gasteiger partial charge on any atom is 0.184 e. The Labute approximate surface area is 211 Å². The zero-order valence-corrected chi connectivity index (χ0v) is 25.5. The van der Waals surface area contributed by atoms with Gasteiger partial charge in [-0.1, -0.05) is 24.6 Å². The van der Waals surface area contributed by atoms with Crippen LogP contribution in [0.1, 0.15) is 65.2 Å². The molecule has 0 radical (unpaired) electrons. The van der Waals surface area contributed by atoms with Crippen LogP contribution in [0.4, 0.5) is 0 Å².